The normalized spacial score (nSPS) is 23.7. The molecule has 0 radical (unpaired) electrons. The van der Waals surface area contributed by atoms with Crippen molar-refractivity contribution in [2.24, 2.45) is 23.7 Å². The van der Waals surface area contributed by atoms with Gasteiger partial charge in [0.05, 0.1) is 0 Å². The lowest BCUT2D eigenvalue weighted by molar-refractivity contribution is -0.168. The quantitative estimate of drug-likeness (QED) is 0.259. The number of esters is 4. The first-order chi connectivity index (χ1) is 24.1. The molecule has 0 aliphatic carbocycles. The molecule has 1 heterocycles. The number of amides is 4. The van der Waals surface area contributed by atoms with Gasteiger partial charge in [0, 0.05) is 28.2 Å². The molecule has 0 aromatic rings. The van der Waals surface area contributed by atoms with Gasteiger partial charge >= 0.3 is 23.9 Å². The van der Waals surface area contributed by atoms with Crippen LogP contribution in [0.2, 0.25) is 0 Å². The third-order valence-corrected chi connectivity index (χ3v) is 8.66. The Hall–Kier alpha value is -4.24. The molecule has 1 saturated heterocycles. The minimum absolute atomic E-state index is 0.0858. The van der Waals surface area contributed by atoms with Crippen molar-refractivity contribution in [1.82, 2.24) is 19.6 Å². The van der Waals surface area contributed by atoms with E-state index in [0.717, 1.165) is 19.6 Å². The predicted molar refractivity (Wildman–Crippen MR) is 188 cm³/mol. The maximum absolute atomic E-state index is 13.3. The van der Waals surface area contributed by atoms with E-state index in [9.17, 15) is 38.4 Å². The van der Waals surface area contributed by atoms with Crippen LogP contribution in [0.15, 0.2) is 0 Å². The number of rotatable bonds is 8. The zero-order valence-electron chi connectivity index (χ0n) is 33.0. The molecule has 1 rings (SSSR count). The van der Waals surface area contributed by atoms with Crippen molar-refractivity contribution < 1.29 is 57.3 Å². The van der Waals surface area contributed by atoms with Gasteiger partial charge in [0.25, 0.3) is 23.6 Å². The zero-order chi connectivity index (χ0) is 40.0. The molecule has 4 atom stereocenters. The molecule has 16 heteroatoms. The smallest absolute Gasteiger partial charge is 0.329 e. The summed E-state index contributed by atoms with van der Waals surface area (Å²) in [6.45, 7) is 11.6. The van der Waals surface area contributed by atoms with Crippen molar-refractivity contribution in [2.45, 2.75) is 105 Å². The molecule has 0 spiro atoms. The summed E-state index contributed by atoms with van der Waals surface area (Å²) < 4.78 is 21.4. The van der Waals surface area contributed by atoms with Crippen molar-refractivity contribution in [3.8, 4) is 0 Å². The van der Waals surface area contributed by atoms with Crippen LogP contribution in [0.1, 0.15) is 81.1 Å². The number of ether oxygens (including phenoxy) is 4. The zero-order valence-corrected chi connectivity index (χ0v) is 33.0. The average molecular weight is 741 g/mol. The first-order valence-corrected chi connectivity index (χ1v) is 17.8. The summed E-state index contributed by atoms with van der Waals surface area (Å²) in [5, 5.41) is 0. The summed E-state index contributed by atoms with van der Waals surface area (Å²) in [4.78, 5) is 110. The Balaban J connectivity index is 3.56. The van der Waals surface area contributed by atoms with Gasteiger partial charge in [0.2, 0.25) is 0 Å². The molecule has 4 amide bonds. The van der Waals surface area contributed by atoms with Gasteiger partial charge in [-0.25, -0.2) is 19.2 Å². The molecule has 0 aromatic heterocycles. The molecule has 1 aliphatic rings. The van der Waals surface area contributed by atoms with Gasteiger partial charge < -0.3 is 38.5 Å². The van der Waals surface area contributed by atoms with Gasteiger partial charge in [-0.15, -0.1) is 0 Å². The Morgan fingerprint density at radius 2 is 0.538 bits per heavy atom. The summed E-state index contributed by atoms with van der Waals surface area (Å²) in [5.41, 5.74) is 0. The molecule has 296 valence electrons. The molecule has 1 aliphatic heterocycles. The molecule has 0 saturated carbocycles. The number of carbonyl (C=O) groups excluding carboxylic acids is 8. The summed E-state index contributed by atoms with van der Waals surface area (Å²) >= 11 is 0. The Labute approximate surface area is 307 Å². The summed E-state index contributed by atoms with van der Waals surface area (Å²) in [6, 6.07) is -4.56. The summed E-state index contributed by atoms with van der Waals surface area (Å²) in [5.74, 6) is -6.76. The molecular weight excluding hydrogens is 680 g/mol. The van der Waals surface area contributed by atoms with Crippen LogP contribution in [0.3, 0.4) is 0 Å². The molecule has 16 nitrogen and oxygen atoms in total. The molecule has 0 aromatic carbocycles. The lowest BCUT2D eigenvalue weighted by atomic mass is 10.0. The second-order valence-electron chi connectivity index (χ2n) is 15.0. The molecule has 1 fully saturated rings. The summed E-state index contributed by atoms with van der Waals surface area (Å²) in [6.07, 6.45) is 0.642. The van der Waals surface area contributed by atoms with Crippen molar-refractivity contribution >= 4 is 47.5 Å². The van der Waals surface area contributed by atoms with Crippen LogP contribution in [-0.2, 0) is 57.3 Å². The molecule has 52 heavy (non-hydrogen) atoms. The molecule has 4 unspecified atom stereocenters. The van der Waals surface area contributed by atoms with E-state index >= 15 is 0 Å². The number of nitrogens with zero attached hydrogens (tertiary/aromatic N) is 4. The Morgan fingerprint density at radius 3 is 0.673 bits per heavy atom. The standard InChI is InChI=1S/C36H60N4O12/c1-21(2)13-25-33(45)49-18-30(42)38(10)27(15-23(5)6)35(47)51-20-32(44)40(12)28(16-24(7)8)36(48)52-19-31(43)39(11)26(14-22(3)4)34(46)50-17-29(41)37(25)9/h21-28H,13-20H2,1-12H3. The second-order valence-corrected chi connectivity index (χ2v) is 15.0. The van der Waals surface area contributed by atoms with Crippen LogP contribution in [0.25, 0.3) is 0 Å². The minimum atomic E-state index is -1.14. The highest BCUT2D eigenvalue weighted by molar-refractivity contribution is 5.92. The Bertz CT molecular complexity index is 1090. The van der Waals surface area contributed by atoms with Gasteiger partial charge in [0.15, 0.2) is 26.4 Å². The number of carbonyl (C=O) groups is 8. The molecular formula is C36H60N4O12. The molecule has 0 N–H and O–H groups in total. The van der Waals surface area contributed by atoms with Crippen LogP contribution in [0, 0.1) is 23.7 Å². The average Bonchev–Trinajstić information content (AvgIpc) is 3.07. The van der Waals surface area contributed by atoms with E-state index in [0.29, 0.717) is 0 Å². The number of hydrogen-bond donors (Lipinski definition) is 0. The van der Waals surface area contributed by atoms with Crippen LogP contribution >= 0.6 is 0 Å². The van der Waals surface area contributed by atoms with Gasteiger partial charge in [-0.1, -0.05) is 55.4 Å². The van der Waals surface area contributed by atoms with Gasteiger partial charge in [0.1, 0.15) is 24.2 Å². The van der Waals surface area contributed by atoms with E-state index < -0.39 is 98.1 Å². The van der Waals surface area contributed by atoms with Crippen molar-refractivity contribution in [3.05, 3.63) is 0 Å². The highest BCUT2D eigenvalue weighted by Crippen LogP contribution is 2.18. The number of cyclic esters (lactones) is 4. The first kappa shape index (κ1) is 45.8. The van der Waals surface area contributed by atoms with Crippen LogP contribution in [0.4, 0.5) is 0 Å². The minimum Gasteiger partial charge on any atom is -0.454 e. The fourth-order valence-corrected chi connectivity index (χ4v) is 5.45. The predicted octanol–water partition coefficient (Wildman–Crippen LogP) is 1.67. The van der Waals surface area contributed by atoms with E-state index in [2.05, 4.69) is 0 Å². The fourth-order valence-electron chi connectivity index (χ4n) is 5.45. The Kier molecular flexibility index (Phi) is 18.8. The third-order valence-electron chi connectivity index (χ3n) is 8.66. The van der Waals surface area contributed by atoms with Crippen molar-refractivity contribution in [3.63, 3.8) is 0 Å². The maximum Gasteiger partial charge on any atom is 0.329 e. The Morgan fingerprint density at radius 1 is 0.385 bits per heavy atom. The highest BCUT2D eigenvalue weighted by Gasteiger charge is 2.36. The molecule has 0 bridgehead atoms. The highest BCUT2D eigenvalue weighted by atomic mass is 16.6. The van der Waals surface area contributed by atoms with Crippen LogP contribution < -0.4 is 0 Å². The van der Waals surface area contributed by atoms with Crippen molar-refractivity contribution in [2.75, 3.05) is 54.6 Å². The SMILES string of the molecule is CC(C)CC1C(=O)OCC(=O)N(C)C(CC(C)C)C(=O)OCC(=O)N(C)C(CC(C)C)C(=O)OCC(=O)N(C)C(CC(C)C)C(=O)OCC(=O)N1C. The van der Waals surface area contributed by atoms with E-state index in [1.54, 1.807) is 0 Å². The van der Waals surface area contributed by atoms with Gasteiger partial charge in [-0.05, 0) is 49.4 Å². The van der Waals surface area contributed by atoms with E-state index in [4.69, 9.17) is 18.9 Å². The van der Waals surface area contributed by atoms with E-state index in [-0.39, 0.29) is 49.4 Å². The van der Waals surface area contributed by atoms with E-state index in [1.807, 2.05) is 55.4 Å². The van der Waals surface area contributed by atoms with Crippen LogP contribution in [-0.4, -0.2) is 146 Å². The lowest BCUT2D eigenvalue weighted by Gasteiger charge is -2.31. The number of likely N-dealkylation sites (N-methyl/N-ethyl adjacent to an activating group) is 4. The summed E-state index contributed by atoms with van der Waals surface area (Å²) in [7, 11) is 5.38. The second kappa shape index (κ2) is 21.3. The van der Waals surface area contributed by atoms with Gasteiger partial charge in [-0.3, -0.25) is 19.2 Å². The largest absolute Gasteiger partial charge is 0.454 e. The van der Waals surface area contributed by atoms with E-state index in [1.165, 1.54) is 28.2 Å². The fraction of sp³-hybridized carbons (Fsp3) is 0.778. The lowest BCUT2D eigenvalue weighted by Crippen LogP contribution is -2.50. The van der Waals surface area contributed by atoms with Gasteiger partial charge in [-0.2, -0.15) is 0 Å². The topological polar surface area (TPSA) is 186 Å². The number of hydrogen-bond acceptors (Lipinski definition) is 12. The van der Waals surface area contributed by atoms with Crippen molar-refractivity contribution in [1.29, 1.82) is 0 Å². The monoisotopic (exact) mass is 740 g/mol. The van der Waals surface area contributed by atoms with Crippen LogP contribution in [0.5, 0.6) is 0 Å². The maximum atomic E-state index is 13.3. The first-order valence-electron chi connectivity index (χ1n) is 17.8. The third kappa shape index (κ3) is 14.4.